The molecule has 0 saturated carbocycles. The molecule has 1 N–H and O–H groups in total. The Morgan fingerprint density at radius 3 is 2.14 bits per heavy atom. The summed E-state index contributed by atoms with van der Waals surface area (Å²) in [6.45, 7) is 21.8. The molecule has 3 aromatic rings. The summed E-state index contributed by atoms with van der Waals surface area (Å²) >= 11 is 0. The predicted octanol–water partition coefficient (Wildman–Crippen LogP) is 7.21. The minimum Gasteiger partial charge on any atom is -0.444 e. The number of carbonyl (C=O) groups excluding carboxylic acids is 1. The fraction of sp³-hybridized carbons (Fsp3) is 0.632. The Balaban J connectivity index is 1.52. The molecule has 1 amide bonds. The van der Waals surface area contributed by atoms with E-state index in [1.165, 1.54) is 0 Å². The molecule has 2 fully saturated rings. The van der Waals surface area contributed by atoms with Gasteiger partial charge in [0.2, 0.25) is 0 Å². The molecule has 0 spiro atoms. The molecule has 2 aliphatic heterocycles. The molecule has 3 atom stereocenters. The van der Waals surface area contributed by atoms with E-state index in [0.717, 1.165) is 66.1 Å². The number of ether oxygens (including phenoxy) is 3. The maximum Gasteiger partial charge on any atom is 0.410 e. The number of fused-ring (bicyclic) bond motifs is 3. The number of anilines is 1. The van der Waals surface area contributed by atoms with Crippen molar-refractivity contribution in [2.75, 3.05) is 38.2 Å². The Hall–Kier alpha value is -3.29. The Labute approximate surface area is 306 Å². The third kappa shape index (κ3) is 10.6. The van der Waals surface area contributed by atoms with Gasteiger partial charge in [0.05, 0.1) is 6.20 Å². The summed E-state index contributed by atoms with van der Waals surface area (Å²) in [7, 11) is -2.56. The van der Waals surface area contributed by atoms with Crippen LogP contribution in [0.2, 0.25) is 51.4 Å². The van der Waals surface area contributed by atoms with Crippen LogP contribution in [0.1, 0.15) is 63.8 Å². The largest absolute Gasteiger partial charge is 0.444 e. The van der Waals surface area contributed by atoms with Crippen LogP contribution in [0.3, 0.4) is 0 Å². The number of aliphatic hydroxyl groups excluding tert-OH is 1. The van der Waals surface area contributed by atoms with Crippen molar-refractivity contribution >= 4 is 33.7 Å². The maximum absolute atomic E-state index is 13.3. The van der Waals surface area contributed by atoms with Crippen LogP contribution >= 0.6 is 0 Å². The lowest BCUT2D eigenvalue weighted by atomic mass is 9.88. The zero-order chi connectivity index (χ0) is 37.0. The quantitative estimate of drug-likeness (QED) is 0.0842. The van der Waals surface area contributed by atoms with Gasteiger partial charge in [-0.15, -0.1) is 0 Å². The lowest BCUT2D eigenvalue weighted by Crippen LogP contribution is -2.48. The van der Waals surface area contributed by atoms with Gasteiger partial charge in [0, 0.05) is 76.4 Å². The number of hydrogen-bond donors (Lipinski definition) is 1. The van der Waals surface area contributed by atoms with Gasteiger partial charge < -0.3 is 29.1 Å². The standard InChI is InChI=1S/C38H58N6O5Si2/c1-38(2,3)49-37(46)43-31-14-15-32(43)22-29(21-31)34-23-35(42(26-47-17-19-50(4,5)6)27-48-18-20-51(7,8)9)44-36(41-34)33(25-40-44)28-12-13-30(39-24-28)11-10-16-45/h12-13,23-25,29,31-32,45H,14-22,26-27H2,1-9H3/t29?,31-,32+. The van der Waals surface area contributed by atoms with Crippen LogP contribution in [0, 0.1) is 11.8 Å². The van der Waals surface area contributed by atoms with E-state index in [0.29, 0.717) is 32.4 Å². The van der Waals surface area contributed by atoms with E-state index >= 15 is 0 Å². The Bertz CT molecular complexity index is 1660. The van der Waals surface area contributed by atoms with Crippen LogP contribution in [-0.2, 0) is 14.2 Å². The number of aliphatic hydroxyl groups is 1. The van der Waals surface area contributed by atoms with Gasteiger partial charge in [-0.3, -0.25) is 0 Å². The molecule has 13 heteroatoms. The fourth-order valence-corrected chi connectivity index (χ4v) is 8.18. The van der Waals surface area contributed by atoms with Gasteiger partial charge in [-0.25, -0.2) is 14.8 Å². The number of aromatic nitrogens is 4. The number of piperidine rings is 1. The molecule has 51 heavy (non-hydrogen) atoms. The number of nitrogens with zero attached hydrogens (tertiary/aromatic N) is 6. The molecule has 3 aromatic heterocycles. The molecular weight excluding hydrogens is 677 g/mol. The van der Waals surface area contributed by atoms with Gasteiger partial charge in [0.1, 0.15) is 37.2 Å². The minimum atomic E-state index is -1.28. The number of amides is 1. The minimum absolute atomic E-state index is 0.108. The topological polar surface area (TPSA) is 115 Å². The smallest absolute Gasteiger partial charge is 0.410 e. The van der Waals surface area contributed by atoms with E-state index in [1.54, 1.807) is 6.20 Å². The lowest BCUT2D eigenvalue weighted by molar-refractivity contribution is 0.00568. The van der Waals surface area contributed by atoms with E-state index in [1.807, 2.05) is 48.5 Å². The zero-order valence-electron chi connectivity index (χ0n) is 32.2. The first-order valence-corrected chi connectivity index (χ1v) is 25.8. The normalized spacial score (nSPS) is 19.3. The second-order valence-electron chi connectivity index (χ2n) is 17.4. The lowest BCUT2D eigenvalue weighted by Gasteiger charge is -2.39. The summed E-state index contributed by atoms with van der Waals surface area (Å²) in [6, 6.07) is 8.34. The van der Waals surface area contributed by atoms with E-state index in [2.05, 4.69) is 67.1 Å². The predicted molar refractivity (Wildman–Crippen MR) is 207 cm³/mol. The maximum atomic E-state index is 13.3. The number of carbonyl (C=O) groups is 1. The van der Waals surface area contributed by atoms with Crippen LogP contribution in [0.4, 0.5) is 10.6 Å². The second kappa shape index (κ2) is 16.2. The summed E-state index contributed by atoms with van der Waals surface area (Å²) in [5.41, 5.74) is 3.49. The summed E-state index contributed by atoms with van der Waals surface area (Å²) < 4.78 is 20.4. The highest BCUT2D eigenvalue weighted by molar-refractivity contribution is 6.76. The first-order valence-electron chi connectivity index (χ1n) is 18.4. The molecule has 278 valence electrons. The van der Waals surface area contributed by atoms with Crippen LogP contribution in [-0.4, -0.2) is 103 Å². The van der Waals surface area contributed by atoms with Crippen molar-refractivity contribution in [3.05, 3.63) is 42.0 Å². The molecule has 1 unspecified atom stereocenters. The molecule has 5 heterocycles. The molecular formula is C38H58N6O5Si2. The molecule has 2 bridgehead atoms. The summed E-state index contributed by atoms with van der Waals surface area (Å²) in [6.07, 6.45) is 6.98. The molecule has 2 aliphatic rings. The third-order valence-corrected chi connectivity index (χ3v) is 12.8. The van der Waals surface area contributed by atoms with Crippen molar-refractivity contribution in [2.24, 2.45) is 0 Å². The van der Waals surface area contributed by atoms with Gasteiger partial charge in [-0.05, 0) is 76.6 Å². The second-order valence-corrected chi connectivity index (χ2v) is 28.6. The number of rotatable bonds is 13. The van der Waals surface area contributed by atoms with E-state index in [4.69, 9.17) is 29.4 Å². The number of hydrogen-bond acceptors (Lipinski definition) is 9. The van der Waals surface area contributed by atoms with Gasteiger partial charge in [-0.2, -0.15) is 9.61 Å². The van der Waals surface area contributed by atoms with Crippen molar-refractivity contribution in [2.45, 2.75) is 121 Å². The molecule has 11 nitrogen and oxygen atoms in total. The van der Waals surface area contributed by atoms with Crippen LogP contribution in [0.5, 0.6) is 0 Å². The van der Waals surface area contributed by atoms with Crippen molar-refractivity contribution in [1.82, 2.24) is 24.5 Å². The first-order chi connectivity index (χ1) is 24.0. The summed E-state index contributed by atoms with van der Waals surface area (Å²) in [5.74, 6) is 6.55. The van der Waals surface area contributed by atoms with Gasteiger partial charge in [0.15, 0.2) is 5.65 Å². The highest BCUT2D eigenvalue weighted by Gasteiger charge is 2.45. The molecule has 0 aliphatic carbocycles. The van der Waals surface area contributed by atoms with E-state index in [9.17, 15) is 4.79 Å². The molecule has 0 aromatic carbocycles. The highest BCUT2D eigenvalue weighted by Crippen LogP contribution is 2.44. The van der Waals surface area contributed by atoms with Crippen LogP contribution < -0.4 is 4.90 Å². The average molecular weight is 735 g/mol. The van der Waals surface area contributed by atoms with Crippen molar-refractivity contribution in [1.29, 1.82) is 0 Å². The highest BCUT2D eigenvalue weighted by atomic mass is 28.3. The summed E-state index contributed by atoms with van der Waals surface area (Å²) in [4.78, 5) is 27.2. The van der Waals surface area contributed by atoms with Crippen molar-refractivity contribution in [3.63, 3.8) is 0 Å². The van der Waals surface area contributed by atoms with Gasteiger partial charge >= 0.3 is 6.09 Å². The summed E-state index contributed by atoms with van der Waals surface area (Å²) in [5, 5.41) is 14.0. The van der Waals surface area contributed by atoms with Gasteiger partial charge in [0.25, 0.3) is 0 Å². The van der Waals surface area contributed by atoms with Crippen molar-refractivity contribution < 1.29 is 24.1 Å². The first kappa shape index (κ1) is 38.9. The Kier molecular flexibility index (Phi) is 12.3. The molecule has 5 rings (SSSR count). The third-order valence-electron chi connectivity index (χ3n) is 9.41. The van der Waals surface area contributed by atoms with Gasteiger partial charge in [-0.1, -0.05) is 45.2 Å². The van der Waals surface area contributed by atoms with E-state index in [-0.39, 0.29) is 30.7 Å². The SMILES string of the molecule is CC(C)(C)OC(=O)N1[C@@H]2CC[C@H]1CC(c1cc(N(COCC[Si](C)(C)C)COCC[Si](C)(C)C)n3ncc(-c4ccc(C#CCO)nc4)c3n1)C2. The molecule has 2 saturated heterocycles. The zero-order valence-corrected chi connectivity index (χ0v) is 34.2. The fourth-order valence-electron chi connectivity index (χ4n) is 6.67. The Morgan fingerprint density at radius 1 is 0.980 bits per heavy atom. The molecule has 0 radical (unpaired) electrons. The Morgan fingerprint density at radius 2 is 1.61 bits per heavy atom. The van der Waals surface area contributed by atoms with Crippen LogP contribution in [0.15, 0.2) is 30.6 Å². The average Bonchev–Trinajstić information content (AvgIpc) is 3.59. The number of pyridine rings is 1. The monoisotopic (exact) mass is 734 g/mol. The van der Waals surface area contributed by atoms with E-state index < -0.39 is 21.7 Å². The van der Waals surface area contributed by atoms with Crippen molar-refractivity contribution in [3.8, 4) is 23.0 Å². The van der Waals surface area contributed by atoms with Crippen LogP contribution in [0.25, 0.3) is 16.8 Å².